The Labute approximate surface area is 162 Å². The van der Waals surface area contributed by atoms with Crippen LogP contribution in [0.3, 0.4) is 0 Å². The van der Waals surface area contributed by atoms with Gasteiger partial charge in [0.1, 0.15) is 0 Å². The topological polar surface area (TPSA) is 85.1 Å². The highest BCUT2D eigenvalue weighted by atomic mass is 32.2. The highest BCUT2D eigenvalue weighted by Crippen LogP contribution is 2.26. The van der Waals surface area contributed by atoms with Gasteiger partial charge in [0.25, 0.3) is 10.0 Å². The summed E-state index contributed by atoms with van der Waals surface area (Å²) < 4.78 is 33.8. The van der Waals surface area contributed by atoms with Gasteiger partial charge in [0.15, 0.2) is 0 Å². The Hall–Kier alpha value is -3.45. The second kappa shape index (κ2) is 7.28. The summed E-state index contributed by atoms with van der Waals surface area (Å²) in [7, 11) is -3.75. The van der Waals surface area contributed by atoms with Crippen molar-refractivity contribution in [2.24, 2.45) is 0 Å². The van der Waals surface area contributed by atoms with Crippen molar-refractivity contribution < 1.29 is 12.8 Å². The van der Waals surface area contributed by atoms with Gasteiger partial charge in [-0.05, 0) is 55.0 Å². The molecule has 0 unspecified atom stereocenters. The zero-order valence-electron chi connectivity index (χ0n) is 15.0. The Balaban J connectivity index is 1.64. The summed E-state index contributed by atoms with van der Waals surface area (Å²) in [4.78, 5) is 0.117. The predicted molar refractivity (Wildman–Crippen MR) is 107 cm³/mol. The van der Waals surface area contributed by atoms with Gasteiger partial charge in [0, 0.05) is 16.8 Å². The number of rotatable bonds is 5. The average molecular weight is 391 g/mol. The molecule has 0 bridgehead atoms. The molecule has 0 atom stereocenters. The molecule has 3 aromatic carbocycles. The van der Waals surface area contributed by atoms with Crippen LogP contribution in [0.15, 0.2) is 88.2 Å². The molecular weight excluding hydrogens is 374 g/mol. The van der Waals surface area contributed by atoms with Gasteiger partial charge in [-0.25, -0.2) is 8.42 Å². The lowest BCUT2D eigenvalue weighted by Crippen LogP contribution is -2.13. The van der Waals surface area contributed by atoms with Gasteiger partial charge in [0.2, 0.25) is 11.8 Å². The van der Waals surface area contributed by atoms with Gasteiger partial charge in [-0.1, -0.05) is 36.4 Å². The van der Waals surface area contributed by atoms with Crippen LogP contribution in [0.25, 0.3) is 22.9 Å². The zero-order valence-corrected chi connectivity index (χ0v) is 15.8. The van der Waals surface area contributed by atoms with Crippen LogP contribution in [0.5, 0.6) is 0 Å². The van der Waals surface area contributed by atoms with Crippen LogP contribution in [0.4, 0.5) is 5.69 Å². The van der Waals surface area contributed by atoms with Crippen LogP contribution in [-0.2, 0) is 10.0 Å². The first-order chi connectivity index (χ1) is 13.5. The van der Waals surface area contributed by atoms with Crippen molar-refractivity contribution in [2.45, 2.75) is 11.8 Å². The molecule has 0 amide bonds. The molecule has 1 heterocycles. The molecule has 1 N–H and O–H groups in total. The number of aryl methyl sites for hydroxylation is 1. The minimum atomic E-state index is -3.75. The predicted octanol–water partition coefficient (Wildman–Crippen LogP) is 4.51. The molecule has 0 saturated carbocycles. The molecular formula is C21H17N3O3S. The van der Waals surface area contributed by atoms with Gasteiger partial charge >= 0.3 is 0 Å². The summed E-state index contributed by atoms with van der Waals surface area (Å²) in [5, 5.41) is 8.10. The van der Waals surface area contributed by atoms with E-state index in [9.17, 15) is 8.42 Å². The monoisotopic (exact) mass is 391 g/mol. The molecule has 1 aromatic heterocycles. The van der Waals surface area contributed by atoms with Crippen LogP contribution in [0, 0.1) is 6.92 Å². The van der Waals surface area contributed by atoms with E-state index in [1.165, 1.54) is 12.1 Å². The maximum absolute atomic E-state index is 12.7. The van der Waals surface area contributed by atoms with E-state index in [1.54, 1.807) is 30.3 Å². The largest absolute Gasteiger partial charge is 0.416 e. The smallest absolute Gasteiger partial charge is 0.261 e. The Morgan fingerprint density at radius 2 is 1.46 bits per heavy atom. The lowest BCUT2D eigenvalue weighted by atomic mass is 10.2. The van der Waals surface area contributed by atoms with E-state index in [0.29, 0.717) is 17.1 Å². The third kappa shape index (κ3) is 3.79. The van der Waals surface area contributed by atoms with Gasteiger partial charge in [0.05, 0.1) is 4.90 Å². The molecule has 0 aliphatic carbocycles. The molecule has 4 rings (SSSR count). The average Bonchev–Trinajstić information content (AvgIpc) is 3.19. The van der Waals surface area contributed by atoms with Gasteiger partial charge in [-0.3, -0.25) is 4.72 Å². The normalized spacial score (nSPS) is 11.3. The van der Waals surface area contributed by atoms with Crippen molar-refractivity contribution >= 4 is 15.7 Å². The number of anilines is 1. The molecule has 0 spiro atoms. The second-order valence-electron chi connectivity index (χ2n) is 6.28. The number of aromatic nitrogens is 2. The molecule has 140 valence electrons. The zero-order chi connectivity index (χ0) is 19.6. The van der Waals surface area contributed by atoms with E-state index in [-0.39, 0.29) is 10.8 Å². The maximum atomic E-state index is 12.7. The first-order valence-corrected chi connectivity index (χ1v) is 10.1. The SMILES string of the molecule is Cc1cccc(NS(=O)(=O)c2cccc(-c3nnc(-c4ccccc4)o3)c2)c1. The molecule has 0 radical (unpaired) electrons. The van der Waals surface area contributed by atoms with Gasteiger partial charge < -0.3 is 4.42 Å². The Bertz CT molecular complexity index is 1220. The lowest BCUT2D eigenvalue weighted by molar-refractivity contribution is 0.584. The number of nitrogens with zero attached hydrogens (tertiary/aromatic N) is 2. The standard InChI is InChI=1S/C21H17N3O3S/c1-15-7-5-11-18(13-15)24-28(25,26)19-12-6-10-17(14-19)21-23-22-20(27-21)16-8-3-2-4-9-16/h2-14,24H,1H3. The lowest BCUT2D eigenvalue weighted by Gasteiger charge is -2.09. The van der Waals surface area contributed by atoms with Crippen LogP contribution in [-0.4, -0.2) is 18.6 Å². The molecule has 0 fully saturated rings. The molecule has 6 nitrogen and oxygen atoms in total. The minimum absolute atomic E-state index is 0.117. The van der Waals surface area contributed by atoms with Crippen molar-refractivity contribution in [3.63, 3.8) is 0 Å². The van der Waals surface area contributed by atoms with Crippen molar-refractivity contribution in [1.82, 2.24) is 10.2 Å². The van der Waals surface area contributed by atoms with E-state index >= 15 is 0 Å². The van der Waals surface area contributed by atoms with E-state index in [0.717, 1.165) is 11.1 Å². The van der Waals surface area contributed by atoms with Crippen molar-refractivity contribution in [1.29, 1.82) is 0 Å². The molecule has 0 aliphatic rings. The van der Waals surface area contributed by atoms with Crippen LogP contribution < -0.4 is 4.72 Å². The third-order valence-corrected chi connectivity index (χ3v) is 5.49. The van der Waals surface area contributed by atoms with Gasteiger partial charge in [-0.15, -0.1) is 10.2 Å². The second-order valence-corrected chi connectivity index (χ2v) is 7.96. The molecule has 0 aliphatic heterocycles. The number of hydrogen-bond donors (Lipinski definition) is 1. The van der Waals surface area contributed by atoms with E-state index < -0.39 is 10.0 Å². The minimum Gasteiger partial charge on any atom is -0.416 e. The maximum Gasteiger partial charge on any atom is 0.261 e. The fourth-order valence-corrected chi connectivity index (χ4v) is 3.85. The third-order valence-electron chi connectivity index (χ3n) is 4.11. The number of sulfonamides is 1. The van der Waals surface area contributed by atoms with Crippen LogP contribution >= 0.6 is 0 Å². The van der Waals surface area contributed by atoms with E-state index in [1.807, 2.05) is 43.3 Å². The number of benzene rings is 3. The highest BCUT2D eigenvalue weighted by Gasteiger charge is 2.17. The number of nitrogens with one attached hydrogen (secondary N) is 1. The summed E-state index contributed by atoms with van der Waals surface area (Å²) in [6, 6.07) is 23.0. The first-order valence-electron chi connectivity index (χ1n) is 8.60. The molecule has 28 heavy (non-hydrogen) atoms. The van der Waals surface area contributed by atoms with E-state index in [2.05, 4.69) is 14.9 Å². The quantitative estimate of drug-likeness (QED) is 0.541. The molecule has 4 aromatic rings. The summed E-state index contributed by atoms with van der Waals surface area (Å²) in [6.07, 6.45) is 0. The summed E-state index contributed by atoms with van der Waals surface area (Å²) >= 11 is 0. The first kappa shape index (κ1) is 17.9. The van der Waals surface area contributed by atoms with Crippen molar-refractivity contribution in [2.75, 3.05) is 4.72 Å². The summed E-state index contributed by atoms with van der Waals surface area (Å²) in [5.74, 6) is 0.633. The fraction of sp³-hybridized carbons (Fsp3) is 0.0476. The molecule has 0 saturated heterocycles. The Kier molecular flexibility index (Phi) is 4.67. The summed E-state index contributed by atoms with van der Waals surface area (Å²) in [6.45, 7) is 1.90. The highest BCUT2D eigenvalue weighted by molar-refractivity contribution is 7.92. The fourth-order valence-electron chi connectivity index (χ4n) is 2.76. The van der Waals surface area contributed by atoms with Gasteiger partial charge in [-0.2, -0.15) is 0 Å². The number of hydrogen-bond acceptors (Lipinski definition) is 5. The van der Waals surface area contributed by atoms with Crippen molar-refractivity contribution in [3.05, 3.63) is 84.4 Å². The van der Waals surface area contributed by atoms with Crippen molar-refractivity contribution in [3.8, 4) is 22.9 Å². The van der Waals surface area contributed by atoms with E-state index in [4.69, 9.17) is 4.42 Å². The summed E-state index contributed by atoms with van der Waals surface area (Å²) in [5.41, 5.74) is 2.80. The Morgan fingerprint density at radius 3 is 2.21 bits per heavy atom. The van der Waals surface area contributed by atoms with Crippen LogP contribution in [0.1, 0.15) is 5.56 Å². The molecule has 7 heteroatoms. The van der Waals surface area contributed by atoms with Crippen LogP contribution in [0.2, 0.25) is 0 Å². The Morgan fingerprint density at radius 1 is 0.786 bits per heavy atom.